The second kappa shape index (κ2) is 3.89. The van der Waals surface area contributed by atoms with Gasteiger partial charge in [-0.3, -0.25) is 5.32 Å². The van der Waals surface area contributed by atoms with E-state index in [0.717, 1.165) is 5.56 Å². The van der Waals surface area contributed by atoms with Crippen molar-refractivity contribution in [2.45, 2.75) is 6.92 Å². The van der Waals surface area contributed by atoms with E-state index in [1.165, 1.54) is 4.90 Å². The maximum Gasteiger partial charge on any atom is 0.322 e. The van der Waals surface area contributed by atoms with Gasteiger partial charge in [-0.15, -0.1) is 0 Å². The molecular weight excluding hydrogens is 166 g/mol. The molecule has 0 aromatic carbocycles. The summed E-state index contributed by atoms with van der Waals surface area (Å²) >= 11 is 0. The van der Waals surface area contributed by atoms with Crippen molar-refractivity contribution >= 4 is 11.8 Å². The lowest BCUT2D eigenvalue weighted by molar-refractivity contribution is 0.230. The molecule has 1 aromatic heterocycles. The van der Waals surface area contributed by atoms with Crippen LogP contribution in [0.15, 0.2) is 18.3 Å². The first-order chi connectivity index (χ1) is 6.11. The number of aryl methyl sites for hydroxylation is 1. The Morgan fingerprint density at radius 2 is 2.23 bits per heavy atom. The van der Waals surface area contributed by atoms with Gasteiger partial charge in [-0.2, -0.15) is 0 Å². The molecule has 0 atom stereocenters. The van der Waals surface area contributed by atoms with Crippen LogP contribution in [-0.4, -0.2) is 30.0 Å². The lowest BCUT2D eigenvalue weighted by atomic mass is 10.3. The van der Waals surface area contributed by atoms with Gasteiger partial charge in [0.2, 0.25) is 0 Å². The van der Waals surface area contributed by atoms with Crippen molar-refractivity contribution in [3.05, 3.63) is 23.9 Å². The Morgan fingerprint density at radius 1 is 1.54 bits per heavy atom. The fourth-order valence-electron chi connectivity index (χ4n) is 0.830. The summed E-state index contributed by atoms with van der Waals surface area (Å²) in [6, 6.07) is 3.57. The zero-order chi connectivity index (χ0) is 9.84. The van der Waals surface area contributed by atoms with E-state index in [9.17, 15) is 4.79 Å². The fourth-order valence-corrected chi connectivity index (χ4v) is 0.830. The lowest BCUT2D eigenvalue weighted by Gasteiger charge is -2.12. The minimum atomic E-state index is -0.165. The Hall–Kier alpha value is -1.58. The molecule has 0 spiro atoms. The van der Waals surface area contributed by atoms with E-state index in [2.05, 4.69) is 10.3 Å². The van der Waals surface area contributed by atoms with Gasteiger partial charge in [0, 0.05) is 20.3 Å². The Bertz CT molecular complexity index is 309. The van der Waals surface area contributed by atoms with Crippen molar-refractivity contribution < 1.29 is 4.79 Å². The Morgan fingerprint density at radius 3 is 2.77 bits per heavy atom. The van der Waals surface area contributed by atoms with Gasteiger partial charge in [0.1, 0.15) is 5.82 Å². The monoisotopic (exact) mass is 179 g/mol. The first-order valence-electron chi connectivity index (χ1n) is 4.01. The summed E-state index contributed by atoms with van der Waals surface area (Å²) in [5.74, 6) is 0.612. The highest BCUT2D eigenvalue weighted by Crippen LogP contribution is 2.08. The first-order valence-corrected chi connectivity index (χ1v) is 4.01. The van der Waals surface area contributed by atoms with Crippen LogP contribution >= 0.6 is 0 Å². The topological polar surface area (TPSA) is 45.2 Å². The predicted molar refractivity (Wildman–Crippen MR) is 51.7 cm³/mol. The molecule has 70 valence electrons. The van der Waals surface area contributed by atoms with Crippen LogP contribution in [-0.2, 0) is 0 Å². The third kappa shape index (κ3) is 2.43. The molecule has 0 radical (unpaired) electrons. The maximum absolute atomic E-state index is 11.2. The van der Waals surface area contributed by atoms with Gasteiger partial charge in [0.25, 0.3) is 0 Å². The number of anilines is 1. The molecule has 4 nitrogen and oxygen atoms in total. The van der Waals surface area contributed by atoms with Crippen LogP contribution in [0.3, 0.4) is 0 Å². The number of amides is 2. The maximum atomic E-state index is 11.2. The number of urea groups is 1. The van der Waals surface area contributed by atoms with E-state index in [0.29, 0.717) is 5.82 Å². The SMILES string of the molecule is Cc1cccnc1NC(=O)N(C)C. The summed E-state index contributed by atoms with van der Waals surface area (Å²) < 4.78 is 0. The van der Waals surface area contributed by atoms with Crippen LogP contribution in [0.5, 0.6) is 0 Å². The van der Waals surface area contributed by atoms with Gasteiger partial charge in [0.15, 0.2) is 0 Å². The number of hydrogen-bond donors (Lipinski definition) is 1. The first kappa shape index (κ1) is 9.51. The summed E-state index contributed by atoms with van der Waals surface area (Å²) in [6.07, 6.45) is 1.65. The van der Waals surface area contributed by atoms with Gasteiger partial charge in [-0.25, -0.2) is 9.78 Å². The fraction of sp³-hybridized carbons (Fsp3) is 0.333. The number of carbonyl (C=O) groups excluding carboxylic acids is 1. The largest absolute Gasteiger partial charge is 0.331 e. The molecule has 0 fully saturated rings. The van der Waals surface area contributed by atoms with Gasteiger partial charge in [-0.05, 0) is 18.6 Å². The smallest absolute Gasteiger partial charge is 0.322 e. The minimum absolute atomic E-state index is 0.165. The molecule has 0 aliphatic carbocycles. The number of hydrogen-bond acceptors (Lipinski definition) is 2. The van der Waals surface area contributed by atoms with Gasteiger partial charge in [0.05, 0.1) is 0 Å². The van der Waals surface area contributed by atoms with Crippen LogP contribution in [0.1, 0.15) is 5.56 Å². The highest BCUT2D eigenvalue weighted by Gasteiger charge is 2.05. The average Bonchev–Trinajstić information content (AvgIpc) is 2.08. The van der Waals surface area contributed by atoms with Crippen molar-refractivity contribution in [3.8, 4) is 0 Å². The van der Waals surface area contributed by atoms with Gasteiger partial charge < -0.3 is 4.90 Å². The van der Waals surface area contributed by atoms with E-state index in [1.54, 1.807) is 20.3 Å². The average molecular weight is 179 g/mol. The molecule has 0 saturated carbocycles. The predicted octanol–water partition coefficient (Wildman–Crippen LogP) is 1.48. The highest BCUT2D eigenvalue weighted by atomic mass is 16.2. The molecule has 0 aliphatic rings. The van der Waals surface area contributed by atoms with Crippen LogP contribution < -0.4 is 5.32 Å². The zero-order valence-electron chi connectivity index (χ0n) is 8.03. The van der Waals surface area contributed by atoms with Crippen LogP contribution in [0, 0.1) is 6.92 Å². The highest BCUT2D eigenvalue weighted by molar-refractivity contribution is 5.88. The van der Waals surface area contributed by atoms with Crippen molar-refractivity contribution in [1.29, 1.82) is 0 Å². The molecule has 0 aliphatic heterocycles. The second-order valence-electron chi connectivity index (χ2n) is 2.99. The number of aromatic nitrogens is 1. The number of carbonyl (C=O) groups is 1. The molecule has 1 aromatic rings. The van der Waals surface area contributed by atoms with Crippen molar-refractivity contribution in [1.82, 2.24) is 9.88 Å². The molecule has 2 amide bonds. The van der Waals surface area contributed by atoms with E-state index in [4.69, 9.17) is 0 Å². The molecule has 0 unspecified atom stereocenters. The Kier molecular flexibility index (Phi) is 2.84. The second-order valence-corrected chi connectivity index (χ2v) is 2.99. The third-order valence-electron chi connectivity index (χ3n) is 1.64. The third-order valence-corrected chi connectivity index (χ3v) is 1.64. The van der Waals surface area contributed by atoms with Gasteiger partial charge in [-0.1, -0.05) is 6.07 Å². The number of rotatable bonds is 1. The molecule has 4 heteroatoms. The zero-order valence-corrected chi connectivity index (χ0v) is 8.03. The summed E-state index contributed by atoms with van der Waals surface area (Å²) in [5, 5.41) is 2.69. The van der Waals surface area contributed by atoms with E-state index >= 15 is 0 Å². The van der Waals surface area contributed by atoms with E-state index < -0.39 is 0 Å². The molecule has 13 heavy (non-hydrogen) atoms. The van der Waals surface area contributed by atoms with Crippen LogP contribution in [0.25, 0.3) is 0 Å². The molecule has 0 bridgehead atoms. The summed E-state index contributed by atoms with van der Waals surface area (Å²) in [5.41, 5.74) is 0.956. The number of nitrogens with zero attached hydrogens (tertiary/aromatic N) is 2. The van der Waals surface area contributed by atoms with Crippen molar-refractivity contribution in [2.75, 3.05) is 19.4 Å². The Labute approximate surface area is 77.6 Å². The standard InChI is InChI=1S/C9H13N3O/c1-7-5-4-6-10-8(7)11-9(13)12(2)3/h4-6H,1-3H3,(H,10,11,13). The summed E-state index contributed by atoms with van der Waals surface area (Å²) in [6.45, 7) is 1.90. The molecular formula is C9H13N3O. The lowest BCUT2D eigenvalue weighted by Crippen LogP contribution is -2.28. The summed E-state index contributed by atoms with van der Waals surface area (Å²) in [4.78, 5) is 16.7. The Balaban J connectivity index is 2.75. The van der Waals surface area contributed by atoms with Gasteiger partial charge >= 0.3 is 6.03 Å². The minimum Gasteiger partial charge on any atom is -0.331 e. The van der Waals surface area contributed by atoms with Crippen LogP contribution in [0.4, 0.5) is 10.6 Å². The van der Waals surface area contributed by atoms with Crippen molar-refractivity contribution in [2.24, 2.45) is 0 Å². The van der Waals surface area contributed by atoms with Crippen LogP contribution in [0.2, 0.25) is 0 Å². The van der Waals surface area contributed by atoms with Crippen molar-refractivity contribution in [3.63, 3.8) is 0 Å². The summed E-state index contributed by atoms with van der Waals surface area (Å²) in [7, 11) is 3.38. The molecule has 1 N–H and O–H groups in total. The quantitative estimate of drug-likeness (QED) is 0.709. The number of nitrogens with one attached hydrogen (secondary N) is 1. The molecule has 1 heterocycles. The molecule has 1 rings (SSSR count). The normalized spacial score (nSPS) is 9.46. The molecule has 0 saturated heterocycles. The number of pyridine rings is 1. The van der Waals surface area contributed by atoms with E-state index in [1.807, 2.05) is 19.1 Å². The van der Waals surface area contributed by atoms with E-state index in [-0.39, 0.29) is 6.03 Å².